The number of nitrogens with one attached hydrogen (secondary N) is 4. The minimum absolute atomic E-state index is 0.0190. The van der Waals surface area contributed by atoms with Gasteiger partial charge in [0.15, 0.2) is 6.10 Å². The summed E-state index contributed by atoms with van der Waals surface area (Å²) in [5.74, 6) is 1.47. The van der Waals surface area contributed by atoms with E-state index in [1.165, 1.54) is 43.8 Å². The first-order valence-electron chi connectivity index (χ1n) is 25.9. The summed E-state index contributed by atoms with van der Waals surface area (Å²) in [7, 11) is 2.63. The second-order valence-corrected chi connectivity index (χ2v) is 20.4. The molecule has 4 aromatic rings. The predicted molar refractivity (Wildman–Crippen MR) is 262 cm³/mol. The van der Waals surface area contributed by atoms with Gasteiger partial charge < -0.3 is 34.6 Å². The van der Waals surface area contributed by atoms with Gasteiger partial charge in [0.2, 0.25) is 5.91 Å². The van der Waals surface area contributed by atoms with Crippen LogP contribution in [0.5, 0.6) is 0 Å². The zero-order valence-corrected chi connectivity index (χ0v) is 41.1. The minimum atomic E-state index is -0.786. The van der Waals surface area contributed by atoms with Crippen molar-refractivity contribution in [3.05, 3.63) is 71.6 Å². The van der Waals surface area contributed by atoms with Gasteiger partial charge in [-0.05, 0) is 123 Å². The lowest BCUT2D eigenvalue weighted by Gasteiger charge is -2.34. The van der Waals surface area contributed by atoms with Gasteiger partial charge in [-0.2, -0.15) is 5.48 Å². The highest BCUT2D eigenvalue weighted by atomic mass is 16.7. The maximum Gasteiger partial charge on any atom is 0.431 e. The van der Waals surface area contributed by atoms with Crippen molar-refractivity contribution in [3.8, 4) is 33.6 Å². The zero-order chi connectivity index (χ0) is 48.1. The van der Waals surface area contributed by atoms with Gasteiger partial charge >= 0.3 is 12.2 Å². The number of carbonyl (C=O) groups is 4. The number of aromatic amines is 2. The summed E-state index contributed by atoms with van der Waals surface area (Å²) in [6.45, 7) is 5.81. The van der Waals surface area contributed by atoms with Crippen LogP contribution < -0.4 is 10.8 Å². The number of nitrogens with zero attached hydrogens (tertiary/aromatic N) is 4. The highest BCUT2D eigenvalue weighted by molar-refractivity contribution is 5.87. The number of carbonyl (C=O) groups excluding carboxylic acids is 4. The van der Waals surface area contributed by atoms with Crippen LogP contribution in [-0.4, -0.2) is 93.2 Å². The first-order valence-corrected chi connectivity index (χ1v) is 25.9. The number of benzene rings is 2. The lowest BCUT2D eigenvalue weighted by molar-refractivity contribution is -0.155. The SMILES string of the molecule is CCC1(c2c(-c3ccc(-c4cnc(C5CCCN5C(=O)C(ONC(=O)OC)C5CCCCC5)[nH]4)cc3)ccc(-c3cnc(C4CCCN4C(=O)C(NC(=O)OC)C4CCCCC4)[nH]3)c2C)CCCC1. The molecule has 9 rings (SSSR count). The van der Waals surface area contributed by atoms with Crippen molar-refractivity contribution in [1.29, 1.82) is 0 Å². The van der Waals surface area contributed by atoms with Gasteiger partial charge in [0.05, 0.1) is 50.1 Å². The number of rotatable bonds is 14. The highest BCUT2D eigenvalue weighted by Crippen LogP contribution is 2.50. The summed E-state index contributed by atoms with van der Waals surface area (Å²) < 4.78 is 9.71. The molecule has 4 N–H and O–H groups in total. The summed E-state index contributed by atoms with van der Waals surface area (Å²) >= 11 is 0. The molecule has 5 aliphatic rings. The molecule has 3 aliphatic carbocycles. The molecule has 370 valence electrons. The Kier molecular flexibility index (Phi) is 15.1. The maximum absolute atomic E-state index is 14.3. The van der Waals surface area contributed by atoms with Gasteiger partial charge in [0.1, 0.15) is 17.7 Å². The van der Waals surface area contributed by atoms with Crippen molar-refractivity contribution < 1.29 is 33.5 Å². The topological polar surface area (TPSA) is 184 Å². The van der Waals surface area contributed by atoms with Crippen molar-refractivity contribution in [3.63, 3.8) is 0 Å². The number of methoxy groups -OCH3 is 2. The van der Waals surface area contributed by atoms with Crippen molar-refractivity contribution >= 4 is 24.0 Å². The molecule has 69 heavy (non-hydrogen) atoms. The number of hydroxylamine groups is 1. The quantitative estimate of drug-likeness (QED) is 0.0894. The van der Waals surface area contributed by atoms with E-state index in [4.69, 9.17) is 24.3 Å². The molecule has 15 nitrogen and oxygen atoms in total. The molecule has 2 saturated heterocycles. The molecular formula is C54H72N8O7. The van der Waals surface area contributed by atoms with Crippen molar-refractivity contribution in [1.82, 2.24) is 40.5 Å². The summed E-state index contributed by atoms with van der Waals surface area (Å²) in [5, 5.41) is 2.92. The Hall–Kier alpha value is -5.70. The minimum Gasteiger partial charge on any atom is -0.453 e. The van der Waals surface area contributed by atoms with Gasteiger partial charge in [0.25, 0.3) is 5.91 Å². The van der Waals surface area contributed by atoms with E-state index in [-0.39, 0.29) is 41.1 Å². The number of alkyl carbamates (subject to hydrolysis) is 1. The lowest BCUT2D eigenvalue weighted by Crippen LogP contribution is -2.52. The van der Waals surface area contributed by atoms with E-state index in [1.54, 1.807) is 0 Å². The third kappa shape index (κ3) is 10.0. The van der Waals surface area contributed by atoms with Crippen LogP contribution >= 0.6 is 0 Å². The maximum atomic E-state index is 14.3. The fraction of sp³-hybridized carbons (Fsp3) is 0.593. The highest BCUT2D eigenvalue weighted by Gasteiger charge is 2.43. The first kappa shape index (κ1) is 48.3. The second kappa shape index (κ2) is 21.5. The molecule has 5 fully saturated rings. The summed E-state index contributed by atoms with van der Waals surface area (Å²) in [4.78, 5) is 79.6. The number of ether oxygens (including phenoxy) is 2. The average Bonchev–Trinajstić information content (AvgIpc) is 4.26. The van der Waals surface area contributed by atoms with Gasteiger partial charge in [-0.3, -0.25) is 14.4 Å². The van der Waals surface area contributed by atoms with Crippen LogP contribution in [0.4, 0.5) is 9.59 Å². The fourth-order valence-electron chi connectivity index (χ4n) is 12.8. The molecule has 2 aliphatic heterocycles. The zero-order valence-electron chi connectivity index (χ0n) is 41.1. The van der Waals surface area contributed by atoms with Gasteiger partial charge in [0, 0.05) is 18.7 Å². The van der Waals surface area contributed by atoms with E-state index < -0.39 is 24.3 Å². The van der Waals surface area contributed by atoms with Gasteiger partial charge in [-0.15, -0.1) is 0 Å². The van der Waals surface area contributed by atoms with E-state index in [1.807, 2.05) is 22.2 Å². The predicted octanol–water partition coefficient (Wildman–Crippen LogP) is 10.5. The smallest absolute Gasteiger partial charge is 0.431 e. The van der Waals surface area contributed by atoms with E-state index in [9.17, 15) is 19.2 Å². The van der Waals surface area contributed by atoms with Crippen LogP contribution in [0.3, 0.4) is 0 Å². The van der Waals surface area contributed by atoms with Crippen LogP contribution in [-0.2, 0) is 29.3 Å². The third-order valence-electron chi connectivity index (χ3n) is 16.5. The number of hydrogen-bond acceptors (Lipinski definition) is 9. The standard InChI is InChI=1S/C54H72N8O7/c1-5-54(28-12-13-29-54)45-34(2)39(42-33-56-49(58-42)43-20-14-30-61(43)50(63)46(59-52(65)67-3)37-16-8-6-9-17-37)26-27-40(45)35-22-24-36(25-23-35)41-32-55-48(57-41)44-21-15-31-62(44)51(64)47(69-60-53(66)68-4)38-18-10-7-11-19-38/h22-27,32-33,37-38,43-44,46-47H,5-21,28-31H2,1-4H3,(H,55,57)(H,56,58)(H,59,65)(H,60,66). The number of amides is 4. The van der Waals surface area contributed by atoms with Gasteiger partial charge in [-0.25, -0.2) is 19.6 Å². The molecule has 4 atom stereocenters. The molecular weight excluding hydrogens is 873 g/mol. The summed E-state index contributed by atoms with van der Waals surface area (Å²) in [6, 6.07) is 12.2. The molecule has 15 heteroatoms. The van der Waals surface area contributed by atoms with Crippen molar-refractivity contribution in [2.75, 3.05) is 27.3 Å². The number of likely N-dealkylation sites (tertiary alicyclic amines) is 2. The molecule has 2 aromatic heterocycles. The molecule has 3 saturated carbocycles. The lowest BCUT2D eigenvalue weighted by atomic mass is 9.71. The van der Waals surface area contributed by atoms with Gasteiger partial charge in [-0.1, -0.05) is 94.7 Å². The number of H-pyrrole nitrogens is 2. The Morgan fingerprint density at radius 2 is 1.22 bits per heavy atom. The molecule has 0 radical (unpaired) electrons. The van der Waals surface area contributed by atoms with E-state index in [2.05, 4.69) is 71.0 Å². The number of imidazole rings is 2. The van der Waals surface area contributed by atoms with E-state index in [0.29, 0.717) is 13.1 Å². The monoisotopic (exact) mass is 945 g/mol. The molecule has 4 amide bonds. The Morgan fingerprint density at radius 3 is 1.83 bits per heavy atom. The number of aromatic nitrogens is 4. The first-order chi connectivity index (χ1) is 33.6. The largest absolute Gasteiger partial charge is 0.453 e. The Bertz CT molecular complexity index is 2430. The van der Waals surface area contributed by atoms with Crippen LogP contribution in [0.25, 0.3) is 33.6 Å². The molecule has 0 spiro atoms. The Balaban J connectivity index is 0.953. The van der Waals surface area contributed by atoms with Crippen LogP contribution in [0, 0.1) is 18.8 Å². The average molecular weight is 945 g/mol. The Morgan fingerprint density at radius 1 is 0.667 bits per heavy atom. The molecule has 0 bridgehead atoms. The normalized spacial score (nSPS) is 21.8. The molecule has 4 heterocycles. The van der Waals surface area contributed by atoms with E-state index >= 15 is 0 Å². The van der Waals surface area contributed by atoms with Crippen LogP contribution in [0.15, 0.2) is 48.8 Å². The van der Waals surface area contributed by atoms with E-state index in [0.717, 1.165) is 149 Å². The summed E-state index contributed by atoms with van der Waals surface area (Å²) in [5.41, 5.74) is 11.4. The van der Waals surface area contributed by atoms with Crippen LogP contribution in [0.1, 0.15) is 164 Å². The molecule has 4 unspecified atom stereocenters. The molecule has 2 aromatic carbocycles. The van der Waals surface area contributed by atoms with Crippen molar-refractivity contribution in [2.24, 2.45) is 11.8 Å². The fourth-order valence-corrected chi connectivity index (χ4v) is 12.8. The number of hydrogen-bond donors (Lipinski definition) is 4. The Labute approximate surface area is 406 Å². The van der Waals surface area contributed by atoms with Crippen molar-refractivity contribution in [2.45, 2.75) is 165 Å². The second-order valence-electron chi connectivity index (χ2n) is 20.4. The third-order valence-corrected chi connectivity index (χ3v) is 16.5. The van der Waals surface area contributed by atoms with Crippen LogP contribution in [0.2, 0.25) is 0 Å². The summed E-state index contributed by atoms with van der Waals surface area (Å²) in [6.07, 6.45) is 20.8.